The van der Waals surface area contributed by atoms with Gasteiger partial charge in [0.25, 0.3) is 5.91 Å². The number of nitrogens with one attached hydrogen (secondary N) is 1. The number of anilines is 2. The summed E-state index contributed by atoms with van der Waals surface area (Å²) in [5.74, 6) is -1.10. The predicted octanol–water partition coefficient (Wildman–Crippen LogP) is 2.61. The van der Waals surface area contributed by atoms with Gasteiger partial charge in [-0.15, -0.1) is 0 Å². The number of phenolic OH excluding ortho intramolecular Hbond substituents is 1. The lowest BCUT2D eigenvalue weighted by Gasteiger charge is -2.20. The van der Waals surface area contributed by atoms with E-state index in [4.69, 9.17) is 11.1 Å². The zero-order valence-electron chi connectivity index (χ0n) is 17.9. The molecular weight excluding hydrogens is 449 g/mol. The number of nitrogens with two attached hydrogens (primary N) is 2. The molecule has 0 saturated carbocycles. The lowest BCUT2D eigenvalue weighted by molar-refractivity contribution is -0.572. The monoisotopic (exact) mass is 471 g/mol. The number of para-hydroxylation sites is 1. The number of carbonyl (C=O) groups excluding carboxylic acids is 1. The van der Waals surface area contributed by atoms with Crippen LogP contribution in [0, 0.1) is 5.41 Å². The van der Waals surface area contributed by atoms with E-state index in [1.54, 1.807) is 29.6 Å². The zero-order chi connectivity index (χ0) is 24.9. The number of hydrogen-bond acceptors (Lipinski definition) is 6. The number of phenols is 1. The molecule has 6 N–H and O–H groups in total. The van der Waals surface area contributed by atoms with Gasteiger partial charge >= 0.3 is 6.18 Å². The van der Waals surface area contributed by atoms with Gasteiger partial charge in [-0.05, 0) is 36.4 Å². The van der Waals surface area contributed by atoms with Crippen LogP contribution in [0.1, 0.15) is 16.7 Å². The molecule has 0 aliphatic carbocycles. The molecule has 1 aromatic heterocycles. The molecule has 11 heteroatoms. The Kier molecular flexibility index (Phi) is 7.27. The number of halogens is 3. The SMILES string of the molecule is C=CC(=O)N(CC[NH2+]c1ncnc(N)c1C(=N)c1ccc(O)c(C(F)(F)F)c1)c1ccccc1. The highest BCUT2D eigenvalue weighted by molar-refractivity contribution is 6.15. The minimum absolute atomic E-state index is 0.0441. The number of hydrogen-bond donors (Lipinski definition) is 4. The molecular formula is C23H22F3N6O2+. The van der Waals surface area contributed by atoms with Gasteiger partial charge in [-0.1, -0.05) is 24.8 Å². The highest BCUT2D eigenvalue weighted by Gasteiger charge is 2.34. The summed E-state index contributed by atoms with van der Waals surface area (Å²) in [6.07, 6.45) is -2.42. The first kappa shape index (κ1) is 24.4. The minimum atomic E-state index is -4.80. The second-order valence-electron chi connectivity index (χ2n) is 7.15. The third-order valence-electron chi connectivity index (χ3n) is 4.95. The molecule has 1 amide bonds. The second-order valence-corrected chi connectivity index (χ2v) is 7.15. The van der Waals surface area contributed by atoms with Crippen LogP contribution in [-0.2, 0) is 11.0 Å². The van der Waals surface area contributed by atoms with Crippen molar-refractivity contribution in [3.63, 3.8) is 0 Å². The second kappa shape index (κ2) is 10.1. The number of alkyl halides is 3. The van der Waals surface area contributed by atoms with Crippen LogP contribution in [-0.4, -0.2) is 39.8 Å². The molecule has 176 valence electrons. The Balaban J connectivity index is 1.86. The average molecular weight is 471 g/mol. The number of benzene rings is 2. The fraction of sp³-hybridized carbons (Fsp3) is 0.130. The van der Waals surface area contributed by atoms with Crippen LogP contribution in [0.5, 0.6) is 5.75 Å². The number of nitrogen functional groups attached to an aromatic ring is 1. The number of nitrogens with zero attached hydrogens (tertiary/aromatic N) is 3. The van der Waals surface area contributed by atoms with Gasteiger partial charge in [0, 0.05) is 11.3 Å². The van der Waals surface area contributed by atoms with Crippen LogP contribution in [0.3, 0.4) is 0 Å². The van der Waals surface area contributed by atoms with E-state index >= 15 is 0 Å². The summed E-state index contributed by atoms with van der Waals surface area (Å²) in [7, 11) is 0. The van der Waals surface area contributed by atoms with E-state index in [9.17, 15) is 23.1 Å². The Morgan fingerprint density at radius 2 is 1.91 bits per heavy atom. The van der Waals surface area contributed by atoms with Crippen molar-refractivity contribution in [2.24, 2.45) is 0 Å². The third-order valence-corrected chi connectivity index (χ3v) is 4.95. The summed E-state index contributed by atoms with van der Waals surface area (Å²) < 4.78 is 39.6. The van der Waals surface area contributed by atoms with E-state index in [2.05, 4.69) is 16.5 Å². The van der Waals surface area contributed by atoms with Gasteiger partial charge in [-0.25, -0.2) is 4.98 Å². The summed E-state index contributed by atoms with van der Waals surface area (Å²) in [6.45, 7) is 4.07. The largest absolute Gasteiger partial charge is 0.507 e. The van der Waals surface area contributed by atoms with Gasteiger partial charge in [-0.3, -0.25) is 15.5 Å². The smallest absolute Gasteiger partial charge is 0.419 e. The van der Waals surface area contributed by atoms with Crippen molar-refractivity contribution in [1.82, 2.24) is 9.97 Å². The van der Waals surface area contributed by atoms with Gasteiger partial charge in [0.05, 0.1) is 24.4 Å². The van der Waals surface area contributed by atoms with Gasteiger partial charge < -0.3 is 15.7 Å². The molecule has 1 heterocycles. The number of amides is 1. The van der Waals surface area contributed by atoms with E-state index in [1.165, 1.54) is 23.4 Å². The number of carbonyl (C=O) groups is 1. The van der Waals surface area contributed by atoms with Gasteiger partial charge in [0.2, 0.25) is 5.82 Å². The molecule has 0 aliphatic rings. The summed E-state index contributed by atoms with van der Waals surface area (Å²) in [4.78, 5) is 21.8. The average Bonchev–Trinajstić information content (AvgIpc) is 2.81. The van der Waals surface area contributed by atoms with Crippen molar-refractivity contribution in [2.75, 3.05) is 23.7 Å². The topological polar surface area (TPSA) is 133 Å². The van der Waals surface area contributed by atoms with E-state index in [-0.39, 0.29) is 40.9 Å². The third kappa shape index (κ3) is 5.38. The molecule has 0 bridgehead atoms. The van der Waals surface area contributed by atoms with Crippen molar-refractivity contribution in [3.05, 3.63) is 84.2 Å². The molecule has 3 aromatic rings. The molecule has 0 spiro atoms. The van der Waals surface area contributed by atoms with Crippen LogP contribution in [0.2, 0.25) is 0 Å². The van der Waals surface area contributed by atoms with E-state index in [0.29, 0.717) is 18.3 Å². The summed E-state index contributed by atoms with van der Waals surface area (Å²) in [6, 6.07) is 11.7. The van der Waals surface area contributed by atoms with Gasteiger partial charge in [0.1, 0.15) is 23.5 Å². The maximum Gasteiger partial charge on any atom is 0.419 e. The Morgan fingerprint density at radius 1 is 1.21 bits per heavy atom. The van der Waals surface area contributed by atoms with E-state index < -0.39 is 17.5 Å². The van der Waals surface area contributed by atoms with Crippen LogP contribution in [0.15, 0.2) is 67.5 Å². The maximum atomic E-state index is 13.2. The van der Waals surface area contributed by atoms with Crippen molar-refractivity contribution >= 4 is 28.9 Å². The quantitative estimate of drug-likeness (QED) is 0.296. The molecule has 0 saturated heterocycles. The number of rotatable bonds is 8. The normalized spacial score (nSPS) is 11.1. The van der Waals surface area contributed by atoms with E-state index in [1.807, 2.05) is 6.07 Å². The van der Waals surface area contributed by atoms with Crippen molar-refractivity contribution < 1.29 is 28.4 Å². The first-order valence-electron chi connectivity index (χ1n) is 10.1. The predicted molar refractivity (Wildman–Crippen MR) is 121 cm³/mol. The molecule has 0 radical (unpaired) electrons. The molecule has 8 nitrogen and oxygen atoms in total. The van der Waals surface area contributed by atoms with Crippen molar-refractivity contribution in [1.29, 1.82) is 5.41 Å². The minimum Gasteiger partial charge on any atom is -0.507 e. The molecule has 0 unspecified atom stereocenters. The Bertz CT molecular complexity index is 1220. The highest BCUT2D eigenvalue weighted by atomic mass is 19.4. The maximum absolute atomic E-state index is 13.2. The van der Waals surface area contributed by atoms with Crippen LogP contribution < -0.4 is 16.0 Å². The summed E-state index contributed by atoms with van der Waals surface area (Å²) in [5, 5.41) is 19.7. The van der Waals surface area contributed by atoms with Crippen LogP contribution in [0.4, 0.5) is 30.5 Å². The van der Waals surface area contributed by atoms with E-state index in [0.717, 1.165) is 6.07 Å². The summed E-state index contributed by atoms with van der Waals surface area (Å²) >= 11 is 0. The van der Waals surface area contributed by atoms with Crippen LogP contribution in [0.25, 0.3) is 0 Å². The van der Waals surface area contributed by atoms with Gasteiger partial charge in [-0.2, -0.15) is 18.2 Å². The summed E-state index contributed by atoms with van der Waals surface area (Å²) in [5.41, 5.74) is 4.94. The molecule has 3 rings (SSSR count). The Labute approximate surface area is 193 Å². The zero-order valence-corrected chi connectivity index (χ0v) is 17.9. The van der Waals surface area contributed by atoms with Crippen molar-refractivity contribution in [2.45, 2.75) is 6.18 Å². The standard InChI is InChI=1S/C23H21F3N6O2/c1-2-18(34)32(15-6-4-3-5-7-15)11-10-29-22-19(21(28)30-13-31-22)20(27)14-8-9-17(33)16(12-14)23(24,25)26/h2-9,12-13,27,33H,1,10-11H2,(H3,28,29,30,31)/p+1. The Hall–Kier alpha value is -4.25. The van der Waals surface area contributed by atoms with Crippen LogP contribution >= 0.6 is 0 Å². The lowest BCUT2D eigenvalue weighted by atomic mass is 10.00. The fourth-order valence-corrected chi connectivity index (χ4v) is 3.30. The molecule has 34 heavy (non-hydrogen) atoms. The first-order chi connectivity index (χ1) is 16.1. The molecule has 0 atom stereocenters. The number of aromatic hydroxyl groups is 1. The molecule has 0 fully saturated rings. The molecule has 2 aromatic carbocycles. The number of quaternary nitrogens is 1. The highest BCUT2D eigenvalue weighted by Crippen LogP contribution is 2.36. The molecule has 0 aliphatic heterocycles. The number of aromatic nitrogens is 2. The Morgan fingerprint density at radius 3 is 2.56 bits per heavy atom. The van der Waals surface area contributed by atoms with Crippen molar-refractivity contribution in [3.8, 4) is 5.75 Å². The first-order valence-corrected chi connectivity index (χ1v) is 10.1. The van der Waals surface area contributed by atoms with Gasteiger partial charge in [0.15, 0.2) is 0 Å². The fourth-order valence-electron chi connectivity index (χ4n) is 3.30. The lowest BCUT2D eigenvalue weighted by Crippen LogP contribution is -2.81.